The third kappa shape index (κ3) is 2.26. The van der Waals surface area contributed by atoms with Crippen molar-refractivity contribution in [2.45, 2.75) is 33.2 Å². The summed E-state index contributed by atoms with van der Waals surface area (Å²) in [5.74, 6) is -0.922. The molecule has 4 heteroatoms. The van der Waals surface area contributed by atoms with Crippen LogP contribution in [0.5, 0.6) is 0 Å². The molecule has 0 fully saturated rings. The standard InChI is InChI=1S/C11H15NO3/c1-4-12-9(7(2)3)5-8(11(14)15)6-10(12)13/h5-7H,4H2,1-3H3,(H,14,15). The summed E-state index contributed by atoms with van der Waals surface area (Å²) in [4.78, 5) is 22.4. The molecule has 82 valence electrons. The molecule has 0 amide bonds. The molecule has 1 N–H and O–H groups in total. The Labute approximate surface area is 88.2 Å². The van der Waals surface area contributed by atoms with Crippen LogP contribution >= 0.6 is 0 Å². The molecule has 0 aliphatic rings. The van der Waals surface area contributed by atoms with E-state index in [-0.39, 0.29) is 17.0 Å². The van der Waals surface area contributed by atoms with Crippen molar-refractivity contribution in [3.8, 4) is 0 Å². The van der Waals surface area contributed by atoms with E-state index in [9.17, 15) is 9.59 Å². The highest BCUT2D eigenvalue weighted by Gasteiger charge is 2.12. The lowest BCUT2D eigenvalue weighted by atomic mass is 10.1. The van der Waals surface area contributed by atoms with Crippen LogP contribution in [-0.4, -0.2) is 15.6 Å². The Kier molecular flexibility index (Phi) is 3.29. The number of aromatic nitrogens is 1. The predicted octanol–water partition coefficient (Wildman–Crippen LogP) is 1.69. The monoisotopic (exact) mass is 209 g/mol. The van der Waals surface area contributed by atoms with Gasteiger partial charge in [0.05, 0.1) is 5.56 Å². The Morgan fingerprint density at radius 1 is 1.47 bits per heavy atom. The smallest absolute Gasteiger partial charge is 0.335 e. The molecule has 0 radical (unpaired) electrons. The normalized spacial score (nSPS) is 10.7. The van der Waals surface area contributed by atoms with Gasteiger partial charge in [-0.3, -0.25) is 4.79 Å². The van der Waals surface area contributed by atoms with Crippen LogP contribution in [0.15, 0.2) is 16.9 Å². The first kappa shape index (κ1) is 11.5. The molecule has 15 heavy (non-hydrogen) atoms. The predicted molar refractivity (Wildman–Crippen MR) is 57.4 cm³/mol. The molecule has 0 aliphatic carbocycles. The third-order valence-electron chi connectivity index (χ3n) is 2.31. The quantitative estimate of drug-likeness (QED) is 0.824. The number of aromatic carboxylic acids is 1. The molecule has 0 atom stereocenters. The summed E-state index contributed by atoms with van der Waals surface area (Å²) in [6.07, 6.45) is 0. The van der Waals surface area contributed by atoms with Crippen LogP contribution in [0.1, 0.15) is 42.7 Å². The van der Waals surface area contributed by atoms with Crippen molar-refractivity contribution in [2.24, 2.45) is 0 Å². The maximum absolute atomic E-state index is 11.6. The largest absolute Gasteiger partial charge is 0.478 e. The number of carboxylic acids is 1. The zero-order valence-corrected chi connectivity index (χ0v) is 9.15. The van der Waals surface area contributed by atoms with Crippen LogP contribution in [0, 0.1) is 0 Å². The van der Waals surface area contributed by atoms with Crippen molar-refractivity contribution in [1.29, 1.82) is 0 Å². The molecule has 0 spiro atoms. The highest BCUT2D eigenvalue weighted by Crippen LogP contribution is 2.14. The first-order chi connectivity index (χ1) is 6.97. The maximum atomic E-state index is 11.6. The van der Waals surface area contributed by atoms with Crippen LogP contribution in [0.3, 0.4) is 0 Å². The second-order valence-corrected chi connectivity index (χ2v) is 3.71. The van der Waals surface area contributed by atoms with E-state index in [1.165, 1.54) is 0 Å². The molecule has 0 saturated heterocycles. The highest BCUT2D eigenvalue weighted by atomic mass is 16.4. The molecule has 1 aromatic rings. The average molecular weight is 209 g/mol. The fraction of sp³-hybridized carbons (Fsp3) is 0.455. The van der Waals surface area contributed by atoms with Crippen molar-refractivity contribution in [3.63, 3.8) is 0 Å². The van der Waals surface area contributed by atoms with E-state index in [1.54, 1.807) is 10.6 Å². The Morgan fingerprint density at radius 3 is 2.47 bits per heavy atom. The minimum absolute atomic E-state index is 0.0633. The lowest BCUT2D eigenvalue weighted by Crippen LogP contribution is -2.24. The Balaban J connectivity index is 3.46. The number of rotatable bonds is 3. The Bertz CT molecular complexity index is 432. The number of nitrogens with zero attached hydrogens (tertiary/aromatic N) is 1. The van der Waals surface area contributed by atoms with Gasteiger partial charge in [-0.05, 0) is 18.9 Å². The third-order valence-corrected chi connectivity index (χ3v) is 2.31. The topological polar surface area (TPSA) is 59.3 Å². The molecule has 0 unspecified atom stereocenters. The lowest BCUT2D eigenvalue weighted by molar-refractivity contribution is 0.0696. The van der Waals surface area contributed by atoms with Gasteiger partial charge in [0.1, 0.15) is 0 Å². The summed E-state index contributed by atoms with van der Waals surface area (Å²) >= 11 is 0. The number of pyridine rings is 1. The molecule has 4 nitrogen and oxygen atoms in total. The zero-order chi connectivity index (χ0) is 11.6. The van der Waals surface area contributed by atoms with E-state index in [0.717, 1.165) is 11.8 Å². The highest BCUT2D eigenvalue weighted by molar-refractivity contribution is 5.87. The molecule has 0 saturated carbocycles. The zero-order valence-electron chi connectivity index (χ0n) is 9.15. The van der Waals surface area contributed by atoms with E-state index in [2.05, 4.69) is 0 Å². The molecule has 0 aromatic carbocycles. The SMILES string of the molecule is CCn1c(C(C)C)cc(C(=O)O)cc1=O. The van der Waals surface area contributed by atoms with E-state index in [0.29, 0.717) is 6.54 Å². The molecule has 0 bridgehead atoms. The minimum atomic E-state index is -1.06. The summed E-state index contributed by atoms with van der Waals surface area (Å²) in [6.45, 7) is 6.30. The van der Waals surface area contributed by atoms with Crippen LogP contribution in [0.2, 0.25) is 0 Å². The first-order valence-electron chi connectivity index (χ1n) is 4.95. The van der Waals surface area contributed by atoms with E-state index >= 15 is 0 Å². The van der Waals surface area contributed by atoms with Crippen molar-refractivity contribution in [1.82, 2.24) is 4.57 Å². The van der Waals surface area contributed by atoms with Gasteiger partial charge >= 0.3 is 5.97 Å². The molecular formula is C11H15NO3. The fourth-order valence-corrected chi connectivity index (χ4v) is 1.56. The van der Waals surface area contributed by atoms with Gasteiger partial charge in [-0.15, -0.1) is 0 Å². The summed E-state index contributed by atoms with van der Waals surface area (Å²) < 4.78 is 1.59. The minimum Gasteiger partial charge on any atom is -0.478 e. The summed E-state index contributed by atoms with van der Waals surface area (Å²) in [6, 6.07) is 2.73. The van der Waals surface area contributed by atoms with Gasteiger partial charge in [-0.25, -0.2) is 4.79 Å². The molecule has 1 rings (SSSR count). The summed E-state index contributed by atoms with van der Waals surface area (Å²) in [5, 5.41) is 8.83. The average Bonchev–Trinajstić information content (AvgIpc) is 2.16. The van der Waals surface area contributed by atoms with Gasteiger partial charge in [-0.2, -0.15) is 0 Å². The van der Waals surface area contributed by atoms with Crippen LogP contribution < -0.4 is 5.56 Å². The van der Waals surface area contributed by atoms with Crippen LogP contribution in [0.25, 0.3) is 0 Å². The number of carboxylic acid groups (broad SMARTS) is 1. The lowest BCUT2D eigenvalue weighted by Gasteiger charge is -2.14. The van der Waals surface area contributed by atoms with Gasteiger partial charge in [0.25, 0.3) is 5.56 Å². The van der Waals surface area contributed by atoms with Gasteiger partial charge in [-0.1, -0.05) is 13.8 Å². The summed E-state index contributed by atoms with van der Waals surface area (Å²) in [5.41, 5.74) is 0.580. The van der Waals surface area contributed by atoms with Crippen LogP contribution in [-0.2, 0) is 6.54 Å². The Morgan fingerprint density at radius 2 is 2.07 bits per heavy atom. The second kappa shape index (κ2) is 4.29. The van der Waals surface area contributed by atoms with Gasteiger partial charge < -0.3 is 9.67 Å². The first-order valence-corrected chi connectivity index (χ1v) is 4.95. The number of hydrogen-bond donors (Lipinski definition) is 1. The summed E-state index contributed by atoms with van der Waals surface area (Å²) in [7, 11) is 0. The molecule has 1 aromatic heterocycles. The number of hydrogen-bond acceptors (Lipinski definition) is 2. The fourth-order valence-electron chi connectivity index (χ4n) is 1.56. The molecule has 1 heterocycles. The van der Waals surface area contributed by atoms with Gasteiger partial charge in [0.2, 0.25) is 0 Å². The van der Waals surface area contributed by atoms with Crippen molar-refractivity contribution in [3.05, 3.63) is 33.7 Å². The van der Waals surface area contributed by atoms with E-state index < -0.39 is 5.97 Å². The van der Waals surface area contributed by atoms with Gasteiger partial charge in [0.15, 0.2) is 0 Å². The number of carbonyl (C=O) groups is 1. The van der Waals surface area contributed by atoms with E-state index in [4.69, 9.17) is 5.11 Å². The molecule has 0 aliphatic heterocycles. The van der Waals surface area contributed by atoms with Crippen molar-refractivity contribution >= 4 is 5.97 Å². The van der Waals surface area contributed by atoms with E-state index in [1.807, 2.05) is 20.8 Å². The maximum Gasteiger partial charge on any atom is 0.335 e. The van der Waals surface area contributed by atoms with Crippen LogP contribution in [0.4, 0.5) is 0 Å². The Hall–Kier alpha value is -1.58. The van der Waals surface area contributed by atoms with Crippen molar-refractivity contribution in [2.75, 3.05) is 0 Å². The van der Waals surface area contributed by atoms with Crippen molar-refractivity contribution < 1.29 is 9.90 Å². The van der Waals surface area contributed by atoms with Gasteiger partial charge in [0, 0.05) is 18.3 Å². The second-order valence-electron chi connectivity index (χ2n) is 3.71. The molecular weight excluding hydrogens is 194 g/mol.